The fraction of sp³-hybridized carbons (Fsp3) is 0.900. The van der Waals surface area contributed by atoms with Crippen molar-refractivity contribution in [2.75, 3.05) is 20.1 Å². The van der Waals surface area contributed by atoms with Gasteiger partial charge < -0.3 is 11.1 Å². The van der Waals surface area contributed by atoms with E-state index < -0.39 is 0 Å². The Morgan fingerprint density at radius 2 is 2.07 bits per heavy atom. The Balaban J connectivity index is 4.28. The van der Waals surface area contributed by atoms with Gasteiger partial charge >= 0.3 is 0 Å². The van der Waals surface area contributed by atoms with Crippen molar-refractivity contribution in [3.05, 3.63) is 0 Å². The molecule has 4 heteroatoms. The molecule has 0 aromatic carbocycles. The second-order valence-corrected chi connectivity index (χ2v) is 3.69. The maximum absolute atomic E-state index is 11.2. The minimum Gasteiger partial charge on any atom is -0.359 e. The third-order valence-corrected chi connectivity index (χ3v) is 2.47. The van der Waals surface area contributed by atoms with Gasteiger partial charge in [0.1, 0.15) is 0 Å². The van der Waals surface area contributed by atoms with Gasteiger partial charge in [-0.2, -0.15) is 0 Å². The van der Waals surface area contributed by atoms with E-state index in [0.29, 0.717) is 19.0 Å². The Hall–Kier alpha value is -0.610. The average molecular weight is 201 g/mol. The van der Waals surface area contributed by atoms with Crippen LogP contribution in [0.3, 0.4) is 0 Å². The van der Waals surface area contributed by atoms with Crippen molar-refractivity contribution in [2.45, 2.75) is 39.3 Å². The summed E-state index contributed by atoms with van der Waals surface area (Å²) in [6.07, 6.45) is 0.485. The zero-order valence-electron chi connectivity index (χ0n) is 9.71. The van der Waals surface area contributed by atoms with Crippen molar-refractivity contribution in [3.8, 4) is 0 Å². The van der Waals surface area contributed by atoms with Gasteiger partial charge in [-0.3, -0.25) is 9.69 Å². The molecule has 0 saturated heterocycles. The lowest BCUT2D eigenvalue weighted by molar-refractivity contribution is -0.121. The highest BCUT2D eigenvalue weighted by atomic mass is 16.1. The summed E-state index contributed by atoms with van der Waals surface area (Å²) in [5, 5.41) is 2.63. The molecule has 0 bridgehead atoms. The highest BCUT2D eigenvalue weighted by Crippen LogP contribution is 2.07. The van der Waals surface area contributed by atoms with Crippen LogP contribution in [0.4, 0.5) is 0 Å². The molecular weight excluding hydrogens is 178 g/mol. The molecule has 84 valence electrons. The van der Waals surface area contributed by atoms with Crippen molar-refractivity contribution < 1.29 is 4.79 Å². The minimum atomic E-state index is 0.0551. The van der Waals surface area contributed by atoms with Gasteiger partial charge in [-0.15, -0.1) is 0 Å². The van der Waals surface area contributed by atoms with E-state index in [1.165, 1.54) is 0 Å². The second-order valence-electron chi connectivity index (χ2n) is 3.69. The number of amides is 1. The average Bonchev–Trinajstić information content (AvgIpc) is 2.16. The molecule has 0 saturated carbocycles. The Bertz CT molecular complexity index is 171. The van der Waals surface area contributed by atoms with Crippen LogP contribution in [-0.4, -0.2) is 43.0 Å². The first-order chi connectivity index (χ1) is 6.56. The first-order valence-corrected chi connectivity index (χ1v) is 5.23. The number of hydrogen-bond acceptors (Lipinski definition) is 3. The Labute approximate surface area is 86.8 Å². The lowest BCUT2D eigenvalue weighted by Gasteiger charge is -2.32. The van der Waals surface area contributed by atoms with E-state index >= 15 is 0 Å². The van der Waals surface area contributed by atoms with E-state index in [1.807, 2.05) is 0 Å². The molecule has 3 N–H and O–H groups in total. The second kappa shape index (κ2) is 6.79. The molecule has 0 aliphatic carbocycles. The van der Waals surface area contributed by atoms with Crippen molar-refractivity contribution >= 4 is 5.91 Å². The molecule has 0 aromatic rings. The van der Waals surface area contributed by atoms with Crippen LogP contribution in [0.1, 0.15) is 27.2 Å². The lowest BCUT2D eigenvalue weighted by atomic mass is 10.1. The van der Waals surface area contributed by atoms with Gasteiger partial charge in [0.15, 0.2) is 0 Å². The van der Waals surface area contributed by atoms with Gasteiger partial charge in [0.2, 0.25) is 5.91 Å². The number of nitrogens with zero attached hydrogens (tertiary/aromatic N) is 1. The molecule has 0 aliphatic rings. The van der Waals surface area contributed by atoms with Crippen LogP contribution >= 0.6 is 0 Å². The highest BCUT2D eigenvalue weighted by Gasteiger charge is 2.20. The number of likely N-dealkylation sites (N-methyl/N-ethyl adjacent to an activating group) is 1. The third kappa shape index (κ3) is 4.07. The van der Waals surface area contributed by atoms with Crippen LogP contribution in [0.15, 0.2) is 0 Å². The number of carbonyl (C=O) groups excluding carboxylic acids is 1. The quantitative estimate of drug-likeness (QED) is 0.644. The van der Waals surface area contributed by atoms with Gasteiger partial charge in [0, 0.05) is 32.1 Å². The molecule has 0 rings (SSSR count). The summed E-state index contributed by atoms with van der Waals surface area (Å²) < 4.78 is 0. The smallest absolute Gasteiger partial charge is 0.221 e. The predicted molar refractivity (Wildman–Crippen MR) is 59.0 cm³/mol. The van der Waals surface area contributed by atoms with Gasteiger partial charge in [-0.05, 0) is 20.4 Å². The van der Waals surface area contributed by atoms with Gasteiger partial charge in [-0.1, -0.05) is 6.92 Å². The van der Waals surface area contributed by atoms with E-state index in [4.69, 9.17) is 5.73 Å². The molecule has 0 aromatic heterocycles. The molecule has 1 amide bonds. The van der Waals surface area contributed by atoms with E-state index in [0.717, 1.165) is 6.54 Å². The number of nitrogens with one attached hydrogen (secondary N) is 1. The van der Waals surface area contributed by atoms with Crippen LogP contribution in [0.25, 0.3) is 0 Å². The Morgan fingerprint density at radius 1 is 1.50 bits per heavy atom. The largest absolute Gasteiger partial charge is 0.359 e. The zero-order valence-corrected chi connectivity index (χ0v) is 9.71. The molecule has 0 fully saturated rings. The molecule has 0 spiro atoms. The molecule has 1 atom stereocenters. The highest BCUT2D eigenvalue weighted by molar-refractivity contribution is 5.76. The predicted octanol–water partition coefficient (Wildman–Crippen LogP) is 0.180. The number of hydrogen-bond donors (Lipinski definition) is 2. The Morgan fingerprint density at radius 3 is 2.36 bits per heavy atom. The van der Waals surface area contributed by atoms with Crippen molar-refractivity contribution in [3.63, 3.8) is 0 Å². The van der Waals surface area contributed by atoms with Crippen LogP contribution in [0.5, 0.6) is 0 Å². The first-order valence-electron chi connectivity index (χ1n) is 5.23. The number of nitrogens with two attached hydrogens (primary N) is 1. The number of rotatable bonds is 6. The molecular formula is C10H23N3O. The molecule has 4 nitrogen and oxygen atoms in total. The maximum Gasteiger partial charge on any atom is 0.221 e. The Kier molecular flexibility index (Phi) is 6.49. The van der Waals surface area contributed by atoms with E-state index in [1.54, 1.807) is 7.05 Å². The van der Waals surface area contributed by atoms with Crippen molar-refractivity contribution in [2.24, 2.45) is 5.73 Å². The molecule has 1 unspecified atom stereocenters. The van der Waals surface area contributed by atoms with Gasteiger partial charge in [-0.25, -0.2) is 0 Å². The summed E-state index contributed by atoms with van der Waals surface area (Å²) >= 11 is 0. The van der Waals surface area contributed by atoms with E-state index in [9.17, 15) is 4.79 Å². The third-order valence-electron chi connectivity index (χ3n) is 2.47. The standard InChI is InChI=1S/C10H23N3O/c1-5-13(8(2)3)9(7-11)6-10(14)12-4/h8-9H,5-7,11H2,1-4H3,(H,12,14). The fourth-order valence-corrected chi connectivity index (χ4v) is 1.70. The van der Waals surface area contributed by atoms with Crippen molar-refractivity contribution in [1.29, 1.82) is 0 Å². The van der Waals surface area contributed by atoms with Crippen molar-refractivity contribution in [1.82, 2.24) is 10.2 Å². The molecule has 14 heavy (non-hydrogen) atoms. The molecule has 0 radical (unpaired) electrons. The summed E-state index contributed by atoms with van der Waals surface area (Å²) in [6.45, 7) is 7.79. The van der Waals surface area contributed by atoms with Gasteiger partial charge in [0.25, 0.3) is 0 Å². The van der Waals surface area contributed by atoms with Gasteiger partial charge in [0.05, 0.1) is 0 Å². The summed E-state index contributed by atoms with van der Waals surface area (Å²) in [5.74, 6) is 0.0551. The first kappa shape index (κ1) is 13.4. The summed E-state index contributed by atoms with van der Waals surface area (Å²) in [4.78, 5) is 13.5. The van der Waals surface area contributed by atoms with Crippen LogP contribution < -0.4 is 11.1 Å². The SMILES string of the molecule is CCN(C(C)C)C(CN)CC(=O)NC. The monoisotopic (exact) mass is 201 g/mol. The fourth-order valence-electron chi connectivity index (χ4n) is 1.70. The van der Waals surface area contributed by atoms with E-state index in [2.05, 4.69) is 31.0 Å². The molecule has 0 heterocycles. The number of carbonyl (C=O) groups is 1. The lowest BCUT2D eigenvalue weighted by Crippen LogP contribution is -2.46. The summed E-state index contributed by atoms with van der Waals surface area (Å²) in [7, 11) is 1.65. The summed E-state index contributed by atoms with van der Waals surface area (Å²) in [5.41, 5.74) is 5.67. The van der Waals surface area contributed by atoms with Crippen LogP contribution in [0.2, 0.25) is 0 Å². The topological polar surface area (TPSA) is 58.4 Å². The van der Waals surface area contributed by atoms with Crippen LogP contribution in [0, 0.1) is 0 Å². The maximum atomic E-state index is 11.2. The normalized spacial score (nSPS) is 13.4. The van der Waals surface area contributed by atoms with Crippen LogP contribution in [-0.2, 0) is 4.79 Å². The minimum absolute atomic E-state index is 0.0551. The van der Waals surface area contributed by atoms with E-state index in [-0.39, 0.29) is 11.9 Å². The summed E-state index contributed by atoms with van der Waals surface area (Å²) in [6, 6.07) is 0.582. The molecule has 0 aliphatic heterocycles. The zero-order chi connectivity index (χ0) is 11.1.